The van der Waals surface area contributed by atoms with Crippen LogP contribution in [0.5, 0.6) is 0 Å². The van der Waals surface area contributed by atoms with Gasteiger partial charge in [-0.25, -0.2) is 4.79 Å². The van der Waals surface area contributed by atoms with Crippen LogP contribution < -0.4 is 21.3 Å². The summed E-state index contributed by atoms with van der Waals surface area (Å²) in [6.07, 6.45) is -4.65. The summed E-state index contributed by atoms with van der Waals surface area (Å²) >= 11 is 0. The van der Waals surface area contributed by atoms with Gasteiger partial charge in [0.1, 0.15) is 18.1 Å². The van der Waals surface area contributed by atoms with Gasteiger partial charge in [-0.2, -0.15) is 13.2 Å². The lowest BCUT2D eigenvalue weighted by atomic mass is 9.85. The first-order chi connectivity index (χ1) is 25.3. The number of alkyl halides is 3. The Kier molecular flexibility index (Phi) is 12.4. The predicted octanol–water partition coefficient (Wildman–Crippen LogP) is 2.87. The highest BCUT2D eigenvalue weighted by molar-refractivity contribution is 6.38. The first kappa shape index (κ1) is 43.0. The maximum absolute atomic E-state index is 14.2. The molecule has 2 aliphatic carbocycles. The number of hydrogen-bond donors (Lipinski definition) is 4. The summed E-state index contributed by atoms with van der Waals surface area (Å²) in [6, 6.07) is 3.65. The van der Waals surface area contributed by atoms with Crippen LogP contribution >= 0.6 is 0 Å². The van der Waals surface area contributed by atoms with Gasteiger partial charge in [0.15, 0.2) is 0 Å². The third kappa shape index (κ3) is 9.95. The second kappa shape index (κ2) is 15.8. The zero-order valence-electron chi connectivity index (χ0n) is 32.8. The van der Waals surface area contributed by atoms with E-state index in [0.29, 0.717) is 19.4 Å². The zero-order chi connectivity index (χ0) is 41.4. The Balaban J connectivity index is 1.47. The fraction of sp³-hybridized carbons (Fsp3) is 0.658. The van der Waals surface area contributed by atoms with Crippen LogP contribution in [0, 0.1) is 28.6 Å². The van der Waals surface area contributed by atoms with Crippen molar-refractivity contribution in [2.75, 3.05) is 27.2 Å². The van der Waals surface area contributed by atoms with E-state index in [-0.39, 0.29) is 36.1 Å². The van der Waals surface area contributed by atoms with E-state index in [1.165, 1.54) is 23.9 Å². The highest BCUT2D eigenvalue weighted by Gasteiger charge is 2.70. The summed E-state index contributed by atoms with van der Waals surface area (Å²) in [4.78, 5) is 96.0. The smallest absolute Gasteiger partial charge is 0.427 e. The fourth-order valence-corrected chi connectivity index (χ4v) is 7.05. The number of ether oxygens (including phenoxy) is 1. The van der Waals surface area contributed by atoms with Crippen molar-refractivity contribution in [1.82, 2.24) is 31.1 Å². The average Bonchev–Trinajstić information content (AvgIpc) is 3.93. The highest BCUT2D eigenvalue weighted by atomic mass is 19.4. The van der Waals surface area contributed by atoms with Gasteiger partial charge in [0.25, 0.3) is 5.91 Å². The molecule has 3 aliphatic rings. The van der Waals surface area contributed by atoms with Gasteiger partial charge in [-0.05, 0) is 54.4 Å². The molecule has 0 bridgehead atoms. The van der Waals surface area contributed by atoms with Crippen LogP contribution in [-0.4, -0.2) is 108 Å². The van der Waals surface area contributed by atoms with Crippen LogP contribution in [0.4, 0.5) is 18.0 Å². The maximum atomic E-state index is 14.2. The van der Waals surface area contributed by atoms with E-state index in [0.717, 1.165) is 12.8 Å². The van der Waals surface area contributed by atoms with Gasteiger partial charge in [-0.1, -0.05) is 77.8 Å². The molecule has 1 heterocycles. The number of amides is 6. The molecule has 0 radical (unpaired) electrons. The van der Waals surface area contributed by atoms with E-state index in [4.69, 9.17) is 0 Å². The monoisotopic (exact) mass is 778 g/mol. The molecule has 1 aromatic rings. The average molecular weight is 779 g/mol. The van der Waals surface area contributed by atoms with Crippen LogP contribution in [0.2, 0.25) is 0 Å². The van der Waals surface area contributed by atoms with Crippen LogP contribution in [0.1, 0.15) is 79.3 Å². The van der Waals surface area contributed by atoms with Crippen molar-refractivity contribution in [3.05, 3.63) is 35.9 Å². The number of alkyl carbamates (subject to hydrolysis) is 1. The standard InChI is InChI=1S/C38H53F3N6O8/c1-35(2,3)29(45-34(54)55-37(6,7)38(39,40)41)33(53)47-19-22-25(36(22,4)5)27(47)30(50)43-23(17-20-15-16-20)28(49)31(51)42-18-24(48)44-26(32(52)46(8)9)21-13-11-10-12-14-21/h10-14,20,22-23,25-27,29H,15-19H2,1-9H3,(H,42,51)(H,43,50)(H,44,48)(H,45,54)/t22?,23?,25?,26-,27?,29?/m0/s1. The van der Waals surface area contributed by atoms with E-state index in [1.807, 2.05) is 13.8 Å². The van der Waals surface area contributed by atoms with E-state index < -0.39 is 89.3 Å². The minimum Gasteiger partial charge on any atom is -0.434 e. The first-order valence-electron chi connectivity index (χ1n) is 18.3. The van der Waals surface area contributed by atoms with E-state index in [2.05, 4.69) is 26.0 Å². The minimum atomic E-state index is -4.88. The molecular weight excluding hydrogens is 725 g/mol. The summed E-state index contributed by atoms with van der Waals surface area (Å²) in [6.45, 7) is 9.51. The SMILES string of the molecule is CN(C)C(=O)[C@@H](NC(=O)CNC(=O)C(=O)C(CC1CC1)NC(=O)C1C2C(CN1C(=O)C(NC(=O)OC(C)(C)C(F)(F)F)C(C)(C)C)C2(C)C)c1ccccc1. The van der Waals surface area contributed by atoms with Crippen LogP contribution in [0.3, 0.4) is 0 Å². The largest absolute Gasteiger partial charge is 0.434 e. The number of halogens is 3. The molecule has 304 valence electrons. The number of Topliss-reactive ketones (excluding diaryl/α,β-unsaturated/α-hetero) is 1. The van der Waals surface area contributed by atoms with Crippen LogP contribution in [-0.2, 0) is 33.5 Å². The highest BCUT2D eigenvalue weighted by Crippen LogP contribution is 2.65. The van der Waals surface area contributed by atoms with Crippen molar-refractivity contribution in [1.29, 1.82) is 0 Å². The number of benzene rings is 1. The molecule has 1 aromatic carbocycles. The summed E-state index contributed by atoms with van der Waals surface area (Å²) in [5.41, 5.74) is -3.73. The summed E-state index contributed by atoms with van der Waals surface area (Å²) in [7, 11) is 3.06. The van der Waals surface area contributed by atoms with Crippen LogP contribution in [0.15, 0.2) is 30.3 Å². The molecule has 4 rings (SSSR count). The molecule has 0 aromatic heterocycles. The van der Waals surface area contributed by atoms with Crippen molar-refractivity contribution < 1.29 is 51.5 Å². The molecule has 3 fully saturated rings. The molecule has 0 spiro atoms. The molecule has 4 N–H and O–H groups in total. The van der Waals surface area contributed by atoms with Crippen molar-refractivity contribution in [3.8, 4) is 0 Å². The molecule has 6 amide bonds. The van der Waals surface area contributed by atoms with Crippen molar-refractivity contribution >= 4 is 41.4 Å². The Bertz CT molecular complexity index is 1670. The molecule has 17 heteroatoms. The number of nitrogens with one attached hydrogen (secondary N) is 4. The lowest BCUT2D eigenvalue weighted by molar-refractivity contribution is -0.244. The Labute approximate surface area is 319 Å². The number of fused-ring (bicyclic) bond motifs is 1. The molecular formula is C38H53F3N6O8. The van der Waals surface area contributed by atoms with Crippen molar-refractivity contribution in [2.45, 2.75) is 104 Å². The second-order valence-electron chi connectivity index (χ2n) is 17.2. The Morgan fingerprint density at radius 2 is 1.53 bits per heavy atom. The van der Waals surface area contributed by atoms with Crippen molar-refractivity contribution in [3.63, 3.8) is 0 Å². The number of likely N-dealkylation sites (tertiary alicyclic amines) is 1. The van der Waals surface area contributed by atoms with Crippen LogP contribution in [0.25, 0.3) is 0 Å². The van der Waals surface area contributed by atoms with Crippen molar-refractivity contribution in [2.24, 2.45) is 28.6 Å². The lowest BCUT2D eigenvalue weighted by Gasteiger charge is -2.38. The topological polar surface area (TPSA) is 183 Å². The lowest BCUT2D eigenvalue weighted by Crippen LogP contribution is -2.61. The Morgan fingerprint density at radius 3 is 2.05 bits per heavy atom. The quantitative estimate of drug-likeness (QED) is 0.208. The minimum absolute atomic E-state index is 0.0573. The number of ketones is 1. The summed E-state index contributed by atoms with van der Waals surface area (Å²) in [5, 5.41) is 9.86. The molecule has 55 heavy (non-hydrogen) atoms. The third-order valence-corrected chi connectivity index (χ3v) is 10.8. The molecule has 1 aliphatic heterocycles. The number of hydrogen-bond acceptors (Lipinski definition) is 8. The maximum Gasteiger partial charge on any atom is 0.427 e. The molecule has 5 unspecified atom stereocenters. The van der Waals surface area contributed by atoms with Gasteiger partial charge in [-0.3, -0.25) is 28.8 Å². The van der Waals surface area contributed by atoms with Gasteiger partial charge in [0.2, 0.25) is 35.0 Å². The Morgan fingerprint density at radius 1 is 0.927 bits per heavy atom. The van der Waals surface area contributed by atoms with Gasteiger partial charge in [0, 0.05) is 20.6 Å². The Hall–Kier alpha value is -4.70. The predicted molar refractivity (Wildman–Crippen MR) is 193 cm³/mol. The molecule has 6 atom stereocenters. The zero-order valence-corrected chi connectivity index (χ0v) is 32.8. The summed E-state index contributed by atoms with van der Waals surface area (Å²) < 4.78 is 45.0. The fourth-order valence-electron chi connectivity index (χ4n) is 7.05. The number of nitrogens with zero attached hydrogens (tertiary/aromatic N) is 2. The van der Waals surface area contributed by atoms with E-state index >= 15 is 0 Å². The third-order valence-electron chi connectivity index (χ3n) is 10.8. The van der Waals surface area contributed by atoms with Gasteiger partial charge < -0.3 is 35.8 Å². The second-order valence-corrected chi connectivity index (χ2v) is 17.2. The molecule has 1 saturated heterocycles. The summed E-state index contributed by atoms with van der Waals surface area (Å²) in [5.74, 6) is -5.09. The first-order valence-corrected chi connectivity index (χ1v) is 18.3. The number of piperidine rings is 1. The number of carbonyl (C=O) groups excluding carboxylic acids is 7. The van der Waals surface area contributed by atoms with E-state index in [9.17, 15) is 46.7 Å². The number of rotatable bonds is 14. The normalized spacial score (nSPS) is 21.9. The van der Waals surface area contributed by atoms with E-state index in [1.54, 1.807) is 51.1 Å². The molecule has 14 nitrogen and oxygen atoms in total. The number of carbonyl (C=O) groups is 7. The van der Waals surface area contributed by atoms with Gasteiger partial charge in [0.05, 0.1) is 12.6 Å². The number of likely N-dealkylation sites (N-methyl/N-ethyl adjacent to an activating group) is 1. The van der Waals surface area contributed by atoms with Gasteiger partial charge >= 0.3 is 12.3 Å². The van der Waals surface area contributed by atoms with Gasteiger partial charge in [-0.15, -0.1) is 0 Å². The molecule has 2 saturated carbocycles.